The molecular weight excluding hydrogens is 138 g/mol. The second-order valence-electron chi connectivity index (χ2n) is 3.34. The number of nitrogens with zero attached hydrogens (tertiary/aromatic N) is 1. The summed E-state index contributed by atoms with van der Waals surface area (Å²) in [6, 6.07) is 0. The highest BCUT2D eigenvalue weighted by molar-refractivity contribution is 5.72. The van der Waals surface area contributed by atoms with Crippen LogP contribution < -0.4 is 5.32 Å². The maximum atomic E-state index is 10.4. The third-order valence-corrected chi connectivity index (χ3v) is 2.33. The zero-order chi connectivity index (χ0) is 8.10. The fourth-order valence-corrected chi connectivity index (χ4v) is 1.40. The normalized spacial score (nSPS) is 17.5. The molecule has 0 aromatic rings. The zero-order valence-corrected chi connectivity index (χ0v) is 7.18. The largest absolute Gasteiger partial charge is 0.273 e. The molecule has 0 heterocycles. The van der Waals surface area contributed by atoms with Gasteiger partial charge in [0.1, 0.15) is 0 Å². The molecular formula is C9H16NO. The van der Waals surface area contributed by atoms with Gasteiger partial charge in [0, 0.05) is 13.5 Å². The number of rotatable bonds is 4. The lowest BCUT2D eigenvalue weighted by atomic mass is 9.82. The molecule has 1 rings (SSSR count). The summed E-state index contributed by atoms with van der Waals surface area (Å²) in [6.45, 7) is 2.26. The van der Waals surface area contributed by atoms with Crippen molar-refractivity contribution < 1.29 is 4.79 Å². The minimum absolute atomic E-state index is 0.0291. The summed E-state index contributed by atoms with van der Waals surface area (Å²) in [5, 5.41) is 3.82. The second kappa shape index (κ2) is 4.37. The van der Waals surface area contributed by atoms with Crippen LogP contribution in [0.2, 0.25) is 0 Å². The summed E-state index contributed by atoms with van der Waals surface area (Å²) in [7, 11) is 0. The van der Waals surface area contributed by atoms with E-state index in [9.17, 15) is 4.79 Å². The molecule has 0 saturated heterocycles. The maximum Gasteiger partial charge on any atom is 0.238 e. The summed E-state index contributed by atoms with van der Waals surface area (Å²) < 4.78 is 0. The zero-order valence-electron chi connectivity index (χ0n) is 7.18. The average Bonchev–Trinajstić information content (AvgIpc) is 1.82. The lowest BCUT2D eigenvalue weighted by molar-refractivity contribution is -0.119. The Morgan fingerprint density at radius 2 is 2.27 bits per heavy atom. The summed E-state index contributed by atoms with van der Waals surface area (Å²) in [5.74, 6) is 0.927. The molecule has 1 aliphatic rings. The third kappa shape index (κ3) is 3.40. The van der Waals surface area contributed by atoms with Crippen LogP contribution in [0.25, 0.3) is 0 Å². The Kier molecular flexibility index (Phi) is 3.40. The van der Waals surface area contributed by atoms with Crippen molar-refractivity contribution in [2.45, 2.75) is 39.0 Å². The van der Waals surface area contributed by atoms with Crippen molar-refractivity contribution in [2.75, 3.05) is 6.54 Å². The van der Waals surface area contributed by atoms with Crippen molar-refractivity contribution in [3.63, 3.8) is 0 Å². The summed E-state index contributed by atoms with van der Waals surface area (Å²) in [5.41, 5.74) is 0. The molecule has 1 amide bonds. The summed E-state index contributed by atoms with van der Waals surface area (Å²) in [4.78, 5) is 10.4. The van der Waals surface area contributed by atoms with E-state index >= 15 is 0 Å². The first-order chi connectivity index (χ1) is 5.29. The molecule has 0 aromatic heterocycles. The smallest absolute Gasteiger partial charge is 0.238 e. The standard InChI is InChI=1S/C9H16NO/c1-8(11)10-7-3-6-9-4-2-5-9/h9H,2-7H2,1H3. The predicted octanol–water partition coefficient (Wildman–Crippen LogP) is 1.72. The Morgan fingerprint density at radius 1 is 1.55 bits per heavy atom. The van der Waals surface area contributed by atoms with Crippen LogP contribution in [-0.4, -0.2) is 12.5 Å². The van der Waals surface area contributed by atoms with Crippen molar-refractivity contribution >= 4 is 5.91 Å². The average molecular weight is 154 g/mol. The van der Waals surface area contributed by atoms with Gasteiger partial charge in [0.2, 0.25) is 5.91 Å². The van der Waals surface area contributed by atoms with Gasteiger partial charge in [-0.1, -0.05) is 19.3 Å². The monoisotopic (exact) mass is 154 g/mol. The Hall–Kier alpha value is -0.530. The van der Waals surface area contributed by atoms with Crippen molar-refractivity contribution in [3.05, 3.63) is 0 Å². The molecule has 0 aromatic carbocycles. The van der Waals surface area contributed by atoms with Crippen LogP contribution in [-0.2, 0) is 4.79 Å². The third-order valence-electron chi connectivity index (χ3n) is 2.33. The van der Waals surface area contributed by atoms with Gasteiger partial charge in [0.15, 0.2) is 0 Å². The Bertz CT molecular complexity index is 130. The van der Waals surface area contributed by atoms with Crippen LogP contribution in [0.3, 0.4) is 0 Å². The number of hydrogen-bond acceptors (Lipinski definition) is 1. The number of carbonyl (C=O) groups excluding carboxylic acids is 1. The van der Waals surface area contributed by atoms with E-state index in [-0.39, 0.29) is 5.91 Å². The highest BCUT2D eigenvalue weighted by atomic mass is 16.1. The van der Waals surface area contributed by atoms with Gasteiger partial charge in [-0.3, -0.25) is 10.1 Å². The quantitative estimate of drug-likeness (QED) is 0.567. The first-order valence-corrected chi connectivity index (χ1v) is 4.47. The minimum atomic E-state index is -0.0291. The Balaban J connectivity index is 1.83. The van der Waals surface area contributed by atoms with Gasteiger partial charge >= 0.3 is 0 Å². The van der Waals surface area contributed by atoms with E-state index in [0.29, 0.717) is 0 Å². The molecule has 0 spiro atoms. The molecule has 2 nitrogen and oxygen atoms in total. The van der Waals surface area contributed by atoms with E-state index < -0.39 is 0 Å². The molecule has 1 radical (unpaired) electrons. The molecule has 0 N–H and O–H groups in total. The maximum absolute atomic E-state index is 10.4. The first-order valence-electron chi connectivity index (χ1n) is 4.47. The Labute approximate surface area is 68.4 Å². The number of hydrogen-bond donors (Lipinski definition) is 0. The second-order valence-corrected chi connectivity index (χ2v) is 3.34. The van der Waals surface area contributed by atoms with Crippen LogP contribution >= 0.6 is 0 Å². The summed E-state index contributed by atoms with van der Waals surface area (Å²) in [6.07, 6.45) is 6.59. The van der Waals surface area contributed by atoms with E-state index in [1.807, 2.05) is 0 Å². The minimum Gasteiger partial charge on any atom is -0.273 e. The van der Waals surface area contributed by atoms with Crippen LogP contribution in [0.5, 0.6) is 0 Å². The fraction of sp³-hybridized carbons (Fsp3) is 0.889. The van der Waals surface area contributed by atoms with Crippen molar-refractivity contribution in [2.24, 2.45) is 5.92 Å². The van der Waals surface area contributed by atoms with Gasteiger partial charge < -0.3 is 0 Å². The molecule has 63 valence electrons. The Morgan fingerprint density at radius 3 is 2.73 bits per heavy atom. The topological polar surface area (TPSA) is 31.2 Å². The van der Waals surface area contributed by atoms with E-state index in [1.54, 1.807) is 0 Å². The molecule has 0 aliphatic heterocycles. The van der Waals surface area contributed by atoms with Crippen LogP contribution in [0.15, 0.2) is 0 Å². The molecule has 0 atom stereocenters. The molecule has 0 unspecified atom stereocenters. The fourth-order valence-electron chi connectivity index (χ4n) is 1.40. The van der Waals surface area contributed by atoms with Gasteiger partial charge in [-0.25, -0.2) is 0 Å². The van der Waals surface area contributed by atoms with Crippen LogP contribution in [0.4, 0.5) is 0 Å². The molecule has 1 aliphatic carbocycles. The first kappa shape index (κ1) is 8.57. The highest BCUT2D eigenvalue weighted by Gasteiger charge is 2.16. The summed E-state index contributed by atoms with van der Waals surface area (Å²) >= 11 is 0. The molecule has 1 fully saturated rings. The van der Waals surface area contributed by atoms with E-state index in [4.69, 9.17) is 0 Å². The molecule has 2 heteroatoms. The van der Waals surface area contributed by atoms with E-state index in [1.165, 1.54) is 32.6 Å². The van der Waals surface area contributed by atoms with Gasteiger partial charge in [-0.15, -0.1) is 0 Å². The van der Waals surface area contributed by atoms with Gasteiger partial charge in [0.25, 0.3) is 0 Å². The van der Waals surface area contributed by atoms with E-state index in [2.05, 4.69) is 5.32 Å². The molecule has 0 bridgehead atoms. The van der Waals surface area contributed by atoms with Gasteiger partial charge in [0.05, 0.1) is 0 Å². The predicted molar refractivity (Wildman–Crippen MR) is 44.3 cm³/mol. The molecule has 1 saturated carbocycles. The van der Waals surface area contributed by atoms with Crippen molar-refractivity contribution in [1.29, 1.82) is 0 Å². The lowest BCUT2D eigenvalue weighted by Crippen LogP contribution is -2.16. The number of amides is 1. The van der Waals surface area contributed by atoms with Crippen molar-refractivity contribution in [1.82, 2.24) is 5.32 Å². The molecule has 11 heavy (non-hydrogen) atoms. The lowest BCUT2D eigenvalue weighted by Gasteiger charge is -2.24. The van der Waals surface area contributed by atoms with Crippen LogP contribution in [0, 0.1) is 5.92 Å². The number of carbonyl (C=O) groups is 1. The van der Waals surface area contributed by atoms with Crippen LogP contribution in [0.1, 0.15) is 39.0 Å². The van der Waals surface area contributed by atoms with Crippen molar-refractivity contribution in [3.8, 4) is 0 Å². The van der Waals surface area contributed by atoms with Gasteiger partial charge in [-0.2, -0.15) is 0 Å². The highest BCUT2D eigenvalue weighted by Crippen LogP contribution is 2.29. The SMILES string of the molecule is CC(=O)[N]CCCC1CCC1. The van der Waals surface area contributed by atoms with Gasteiger partial charge in [-0.05, 0) is 18.8 Å². The van der Waals surface area contributed by atoms with E-state index in [0.717, 1.165) is 18.9 Å².